The third-order valence-electron chi connectivity index (χ3n) is 3.93. The molecule has 0 atom stereocenters. The topological polar surface area (TPSA) is 67.8 Å². The van der Waals surface area contributed by atoms with Crippen molar-refractivity contribution in [3.05, 3.63) is 47.1 Å². The van der Waals surface area contributed by atoms with Crippen LogP contribution < -0.4 is 5.32 Å². The number of halogens is 4. The maximum atomic E-state index is 13.3. The maximum Gasteiger partial charge on any atom is 0.417 e. The highest BCUT2D eigenvalue weighted by Gasteiger charge is 2.33. The fourth-order valence-corrected chi connectivity index (χ4v) is 2.65. The van der Waals surface area contributed by atoms with E-state index in [0.717, 1.165) is 6.07 Å². The lowest BCUT2D eigenvalue weighted by Gasteiger charge is -2.17. The predicted octanol–water partition coefficient (Wildman–Crippen LogP) is 5.35. The Bertz CT molecular complexity index is 1060. The third-order valence-corrected chi connectivity index (χ3v) is 4.22. The second-order valence-corrected chi connectivity index (χ2v) is 7.51. The van der Waals surface area contributed by atoms with Crippen LogP contribution in [0.2, 0.25) is 5.15 Å². The van der Waals surface area contributed by atoms with Gasteiger partial charge in [-0.15, -0.1) is 0 Å². The fourth-order valence-electron chi connectivity index (χ4n) is 2.42. The summed E-state index contributed by atoms with van der Waals surface area (Å²) >= 11 is 6.14. The number of hydrogen-bond acceptors (Lipinski definition) is 4. The lowest BCUT2D eigenvalue weighted by Crippen LogP contribution is -2.28. The minimum atomic E-state index is -4.53. The standard InChI is InChI=1S/C19H16ClF3N4O/c1-18(2,3)16(28)27-17-25-14(20)11-8-9-13(24-15(11)26-17)10-6-4-5-7-12(10)19(21,22)23/h4-9H,1-3H3,(H,24,25,26,27,28). The number of alkyl halides is 3. The molecule has 1 amide bonds. The fraction of sp³-hybridized carbons (Fsp3) is 0.263. The van der Waals surface area contributed by atoms with Crippen molar-refractivity contribution in [1.29, 1.82) is 0 Å². The largest absolute Gasteiger partial charge is 0.417 e. The van der Waals surface area contributed by atoms with Gasteiger partial charge in [0, 0.05) is 11.0 Å². The van der Waals surface area contributed by atoms with Crippen molar-refractivity contribution in [2.24, 2.45) is 5.41 Å². The second-order valence-electron chi connectivity index (χ2n) is 7.15. The maximum absolute atomic E-state index is 13.3. The van der Waals surface area contributed by atoms with E-state index in [9.17, 15) is 18.0 Å². The molecule has 0 aliphatic heterocycles. The average Bonchev–Trinajstić information content (AvgIpc) is 2.59. The number of aromatic nitrogens is 3. The Labute approximate surface area is 164 Å². The Morgan fingerprint density at radius 2 is 1.68 bits per heavy atom. The van der Waals surface area contributed by atoms with Crippen LogP contribution in [-0.4, -0.2) is 20.9 Å². The van der Waals surface area contributed by atoms with Gasteiger partial charge in [0.25, 0.3) is 0 Å². The van der Waals surface area contributed by atoms with E-state index in [2.05, 4.69) is 20.3 Å². The van der Waals surface area contributed by atoms with Crippen LogP contribution in [0.4, 0.5) is 19.1 Å². The van der Waals surface area contributed by atoms with Gasteiger partial charge in [-0.3, -0.25) is 10.1 Å². The Kier molecular flexibility index (Phi) is 5.01. The minimum absolute atomic E-state index is 0.0392. The Morgan fingerprint density at radius 1 is 1.00 bits per heavy atom. The summed E-state index contributed by atoms with van der Waals surface area (Å²) in [6.45, 7) is 5.15. The summed E-state index contributed by atoms with van der Waals surface area (Å²) in [5, 5.41) is 2.95. The van der Waals surface area contributed by atoms with Crippen LogP contribution in [0.15, 0.2) is 36.4 Å². The van der Waals surface area contributed by atoms with Crippen LogP contribution in [0.1, 0.15) is 26.3 Å². The zero-order valence-corrected chi connectivity index (χ0v) is 16.0. The van der Waals surface area contributed by atoms with Gasteiger partial charge in [-0.25, -0.2) is 4.98 Å². The highest BCUT2D eigenvalue weighted by molar-refractivity contribution is 6.34. The van der Waals surface area contributed by atoms with Crippen molar-refractivity contribution in [3.63, 3.8) is 0 Å². The monoisotopic (exact) mass is 408 g/mol. The number of pyridine rings is 1. The zero-order chi connectivity index (χ0) is 20.7. The van der Waals surface area contributed by atoms with E-state index < -0.39 is 17.2 Å². The molecule has 3 aromatic rings. The molecule has 1 N–H and O–H groups in total. The summed E-state index contributed by atoms with van der Waals surface area (Å²) < 4.78 is 39.9. The minimum Gasteiger partial charge on any atom is -0.294 e. The molecule has 5 nitrogen and oxygen atoms in total. The number of nitrogens with one attached hydrogen (secondary N) is 1. The molecule has 0 aliphatic rings. The van der Waals surface area contributed by atoms with Gasteiger partial charge < -0.3 is 0 Å². The first kappa shape index (κ1) is 20.0. The molecule has 3 rings (SSSR count). The quantitative estimate of drug-likeness (QED) is 0.580. The number of nitrogens with zero attached hydrogens (tertiary/aromatic N) is 3. The summed E-state index contributed by atoms with van der Waals surface area (Å²) in [6.07, 6.45) is -4.53. The molecule has 0 unspecified atom stereocenters. The van der Waals surface area contributed by atoms with Crippen molar-refractivity contribution in [1.82, 2.24) is 15.0 Å². The smallest absolute Gasteiger partial charge is 0.294 e. The lowest BCUT2D eigenvalue weighted by atomic mass is 9.96. The van der Waals surface area contributed by atoms with Gasteiger partial charge >= 0.3 is 6.18 Å². The van der Waals surface area contributed by atoms with Crippen LogP contribution in [0.5, 0.6) is 0 Å². The number of rotatable bonds is 2. The number of amides is 1. The van der Waals surface area contributed by atoms with Crippen molar-refractivity contribution in [3.8, 4) is 11.3 Å². The van der Waals surface area contributed by atoms with Crippen molar-refractivity contribution < 1.29 is 18.0 Å². The molecule has 0 fully saturated rings. The first-order valence-corrected chi connectivity index (χ1v) is 8.67. The lowest BCUT2D eigenvalue weighted by molar-refractivity contribution is -0.137. The molecular weight excluding hydrogens is 393 g/mol. The second kappa shape index (κ2) is 7.01. The van der Waals surface area contributed by atoms with Gasteiger partial charge in [-0.05, 0) is 18.2 Å². The zero-order valence-electron chi connectivity index (χ0n) is 15.2. The number of anilines is 1. The molecule has 0 bridgehead atoms. The molecule has 0 spiro atoms. The molecule has 28 heavy (non-hydrogen) atoms. The number of hydrogen-bond donors (Lipinski definition) is 1. The molecular formula is C19H16ClF3N4O. The van der Waals surface area contributed by atoms with E-state index in [1.165, 1.54) is 30.3 Å². The normalized spacial score (nSPS) is 12.2. The molecule has 1 aromatic carbocycles. The first-order valence-electron chi connectivity index (χ1n) is 8.29. The number of carbonyl (C=O) groups excluding carboxylic acids is 1. The van der Waals surface area contributed by atoms with Crippen LogP contribution in [-0.2, 0) is 11.0 Å². The van der Waals surface area contributed by atoms with Gasteiger partial charge in [0.1, 0.15) is 5.15 Å². The van der Waals surface area contributed by atoms with Gasteiger partial charge in [0.2, 0.25) is 11.9 Å². The molecule has 9 heteroatoms. The molecule has 146 valence electrons. The Hall–Kier alpha value is -2.74. The van der Waals surface area contributed by atoms with E-state index in [0.29, 0.717) is 5.39 Å². The molecule has 0 saturated heterocycles. The van der Waals surface area contributed by atoms with Crippen LogP contribution in [0.25, 0.3) is 22.3 Å². The summed E-state index contributed by atoms with van der Waals surface area (Å²) in [4.78, 5) is 24.5. The van der Waals surface area contributed by atoms with E-state index in [-0.39, 0.29) is 33.9 Å². The van der Waals surface area contributed by atoms with Crippen LogP contribution in [0, 0.1) is 5.41 Å². The Balaban J connectivity index is 2.10. The van der Waals surface area contributed by atoms with Gasteiger partial charge in [-0.1, -0.05) is 50.6 Å². The number of carbonyl (C=O) groups is 1. The van der Waals surface area contributed by atoms with Gasteiger partial charge in [0.15, 0.2) is 5.65 Å². The van der Waals surface area contributed by atoms with Crippen LogP contribution >= 0.6 is 11.6 Å². The van der Waals surface area contributed by atoms with Crippen molar-refractivity contribution in [2.75, 3.05) is 5.32 Å². The van der Waals surface area contributed by atoms with Crippen molar-refractivity contribution in [2.45, 2.75) is 26.9 Å². The van der Waals surface area contributed by atoms with E-state index in [4.69, 9.17) is 11.6 Å². The Morgan fingerprint density at radius 3 is 2.32 bits per heavy atom. The number of benzene rings is 1. The molecule has 0 aliphatic carbocycles. The van der Waals surface area contributed by atoms with Crippen molar-refractivity contribution >= 4 is 34.5 Å². The molecule has 2 aromatic heterocycles. The number of fused-ring (bicyclic) bond motifs is 1. The van der Waals surface area contributed by atoms with Gasteiger partial charge in [-0.2, -0.15) is 23.1 Å². The molecule has 2 heterocycles. The van der Waals surface area contributed by atoms with Crippen LogP contribution in [0.3, 0.4) is 0 Å². The molecule has 0 radical (unpaired) electrons. The average molecular weight is 409 g/mol. The first-order chi connectivity index (χ1) is 13.0. The predicted molar refractivity (Wildman–Crippen MR) is 101 cm³/mol. The highest BCUT2D eigenvalue weighted by atomic mass is 35.5. The summed E-state index contributed by atoms with van der Waals surface area (Å²) in [5.41, 5.74) is -1.40. The van der Waals surface area contributed by atoms with E-state index in [1.54, 1.807) is 20.8 Å². The third kappa shape index (κ3) is 4.06. The van der Waals surface area contributed by atoms with E-state index >= 15 is 0 Å². The van der Waals surface area contributed by atoms with Gasteiger partial charge in [0.05, 0.1) is 16.6 Å². The summed E-state index contributed by atoms with van der Waals surface area (Å²) in [7, 11) is 0. The van der Waals surface area contributed by atoms with E-state index in [1.807, 2.05) is 0 Å². The molecule has 0 saturated carbocycles. The SMILES string of the molecule is CC(C)(C)C(=O)Nc1nc(Cl)c2ccc(-c3ccccc3C(F)(F)F)nc2n1. The summed E-state index contributed by atoms with van der Waals surface area (Å²) in [5.74, 6) is -0.396. The summed E-state index contributed by atoms with van der Waals surface area (Å²) in [6, 6.07) is 8.06. The highest BCUT2D eigenvalue weighted by Crippen LogP contribution is 2.37.